The van der Waals surface area contributed by atoms with Crippen LogP contribution in [0.3, 0.4) is 0 Å². The molecule has 0 saturated heterocycles. The first-order valence-electron chi connectivity index (χ1n) is 9.23. The SMILES string of the molecule is CN(c1ccccc1)c1ccccc1NC(=O)Cc1csc(-c2cccnc2)n1. The van der Waals surface area contributed by atoms with Crippen molar-refractivity contribution in [3.8, 4) is 10.6 Å². The largest absolute Gasteiger partial charge is 0.343 e. The minimum atomic E-state index is -0.0954. The van der Waals surface area contributed by atoms with Crippen LogP contribution in [-0.2, 0) is 11.2 Å². The summed E-state index contributed by atoms with van der Waals surface area (Å²) in [6.07, 6.45) is 3.73. The first-order chi connectivity index (χ1) is 14.2. The Kier molecular flexibility index (Phi) is 5.63. The molecule has 0 saturated carbocycles. The Hall–Kier alpha value is -3.51. The van der Waals surface area contributed by atoms with E-state index in [0.29, 0.717) is 0 Å². The molecule has 144 valence electrons. The minimum absolute atomic E-state index is 0.0954. The van der Waals surface area contributed by atoms with Crippen LogP contribution in [0.25, 0.3) is 10.6 Å². The molecule has 2 heterocycles. The molecule has 0 bridgehead atoms. The van der Waals surface area contributed by atoms with Crippen LogP contribution in [0.2, 0.25) is 0 Å². The molecule has 4 rings (SSSR count). The highest BCUT2D eigenvalue weighted by molar-refractivity contribution is 7.13. The van der Waals surface area contributed by atoms with Gasteiger partial charge in [-0.3, -0.25) is 9.78 Å². The number of anilines is 3. The lowest BCUT2D eigenvalue weighted by atomic mass is 10.2. The highest BCUT2D eigenvalue weighted by atomic mass is 32.1. The van der Waals surface area contributed by atoms with Gasteiger partial charge in [-0.25, -0.2) is 4.98 Å². The predicted octanol–water partition coefficient (Wildman–Crippen LogP) is 5.15. The number of carbonyl (C=O) groups is 1. The fourth-order valence-corrected chi connectivity index (χ4v) is 3.84. The van der Waals surface area contributed by atoms with E-state index in [2.05, 4.69) is 20.2 Å². The average molecular weight is 401 g/mol. The van der Waals surface area contributed by atoms with E-state index in [9.17, 15) is 4.79 Å². The van der Waals surface area contributed by atoms with Crippen molar-refractivity contribution in [2.45, 2.75) is 6.42 Å². The molecule has 29 heavy (non-hydrogen) atoms. The van der Waals surface area contributed by atoms with E-state index in [1.54, 1.807) is 12.4 Å². The minimum Gasteiger partial charge on any atom is -0.343 e. The molecule has 0 atom stereocenters. The third-order valence-electron chi connectivity index (χ3n) is 4.48. The lowest BCUT2D eigenvalue weighted by molar-refractivity contribution is -0.115. The summed E-state index contributed by atoms with van der Waals surface area (Å²) in [6, 6.07) is 21.7. The highest BCUT2D eigenvalue weighted by Gasteiger charge is 2.13. The predicted molar refractivity (Wildman–Crippen MR) is 119 cm³/mol. The Labute approximate surface area is 173 Å². The quantitative estimate of drug-likeness (QED) is 0.486. The van der Waals surface area contributed by atoms with Crippen LogP contribution in [0, 0.1) is 0 Å². The maximum Gasteiger partial charge on any atom is 0.230 e. The van der Waals surface area contributed by atoms with Crippen molar-refractivity contribution in [3.63, 3.8) is 0 Å². The van der Waals surface area contributed by atoms with Crippen molar-refractivity contribution in [3.05, 3.63) is 90.2 Å². The summed E-state index contributed by atoms with van der Waals surface area (Å²) in [6.45, 7) is 0. The van der Waals surface area contributed by atoms with Gasteiger partial charge in [0.05, 0.1) is 23.5 Å². The number of amides is 1. The fourth-order valence-electron chi connectivity index (χ4n) is 3.03. The highest BCUT2D eigenvalue weighted by Crippen LogP contribution is 2.30. The van der Waals surface area contributed by atoms with Crippen LogP contribution in [0.5, 0.6) is 0 Å². The average Bonchev–Trinajstić information content (AvgIpc) is 3.23. The van der Waals surface area contributed by atoms with Crippen LogP contribution in [-0.4, -0.2) is 22.9 Å². The van der Waals surface area contributed by atoms with Gasteiger partial charge < -0.3 is 10.2 Å². The van der Waals surface area contributed by atoms with Crippen LogP contribution in [0.4, 0.5) is 17.1 Å². The Morgan fingerprint density at radius 1 is 1.03 bits per heavy atom. The zero-order valence-corrected chi connectivity index (χ0v) is 16.8. The zero-order chi connectivity index (χ0) is 20.1. The molecule has 1 N–H and O–H groups in total. The first-order valence-corrected chi connectivity index (χ1v) is 10.1. The molecule has 0 unspecified atom stereocenters. The van der Waals surface area contributed by atoms with Crippen molar-refractivity contribution >= 4 is 34.3 Å². The number of aromatic nitrogens is 2. The third kappa shape index (κ3) is 4.50. The Bertz CT molecular complexity index is 1100. The third-order valence-corrected chi connectivity index (χ3v) is 5.43. The van der Waals surface area contributed by atoms with Gasteiger partial charge in [-0.1, -0.05) is 30.3 Å². The molecule has 0 fully saturated rings. The van der Waals surface area contributed by atoms with Gasteiger partial charge in [0, 0.05) is 36.1 Å². The van der Waals surface area contributed by atoms with Gasteiger partial charge in [0.15, 0.2) is 0 Å². The number of carbonyl (C=O) groups excluding carboxylic acids is 1. The van der Waals surface area contributed by atoms with Crippen LogP contribution in [0.15, 0.2) is 84.5 Å². The number of pyridine rings is 1. The van der Waals surface area contributed by atoms with Gasteiger partial charge in [-0.2, -0.15) is 0 Å². The van der Waals surface area contributed by atoms with E-state index in [4.69, 9.17) is 0 Å². The molecule has 2 aromatic carbocycles. The molecule has 0 radical (unpaired) electrons. The van der Waals surface area contributed by atoms with Crippen LogP contribution < -0.4 is 10.2 Å². The topological polar surface area (TPSA) is 58.1 Å². The molecule has 0 aliphatic heterocycles. The summed E-state index contributed by atoms with van der Waals surface area (Å²) in [5, 5.41) is 5.82. The summed E-state index contributed by atoms with van der Waals surface area (Å²) in [5.41, 5.74) is 4.46. The van der Waals surface area contributed by atoms with Crippen LogP contribution in [0.1, 0.15) is 5.69 Å². The number of thiazole rings is 1. The van der Waals surface area contributed by atoms with Crippen molar-refractivity contribution in [2.75, 3.05) is 17.3 Å². The van der Waals surface area contributed by atoms with Crippen molar-refractivity contribution in [1.82, 2.24) is 9.97 Å². The molecule has 4 aromatic rings. The maximum atomic E-state index is 12.7. The van der Waals surface area contributed by atoms with Crippen LogP contribution >= 0.6 is 11.3 Å². The number of nitrogens with one attached hydrogen (secondary N) is 1. The standard InChI is InChI=1S/C23H20N4OS/c1-27(19-9-3-2-4-10-19)21-12-6-5-11-20(21)26-22(28)14-18-16-29-23(25-18)17-8-7-13-24-15-17/h2-13,15-16H,14H2,1H3,(H,26,28). The van der Waals surface area contributed by atoms with E-state index >= 15 is 0 Å². The van der Waals surface area contributed by atoms with E-state index < -0.39 is 0 Å². The summed E-state index contributed by atoms with van der Waals surface area (Å²) >= 11 is 1.52. The Morgan fingerprint density at radius 2 is 1.83 bits per heavy atom. The van der Waals surface area contributed by atoms with Gasteiger partial charge in [0.25, 0.3) is 0 Å². The molecule has 0 aliphatic rings. The van der Waals surface area contributed by atoms with Gasteiger partial charge in [-0.05, 0) is 36.4 Å². The Morgan fingerprint density at radius 3 is 2.62 bits per heavy atom. The summed E-state index contributed by atoms with van der Waals surface area (Å²) < 4.78 is 0. The van der Waals surface area contributed by atoms with Crippen molar-refractivity contribution in [1.29, 1.82) is 0 Å². The Balaban J connectivity index is 1.48. The molecular weight excluding hydrogens is 380 g/mol. The summed E-state index contributed by atoms with van der Waals surface area (Å²) in [7, 11) is 1.99. The summed E-state index contributed by atoms with van der Waals surface area (Å²) in [5.74, 6) is -0.0954. The maximum absolute atomic E-state index is 12.7. The summed E-state index contributed by atoms with van der Waals surface area (Å²) in [4.78, 5) is 23.4. The van der Waals surface area contributed by atoms with E-state index in [0.717, 1.165) is 33.3 Å². The van der Waals surface area contributed by atoms with E-state index in [1.165, 1.54) is 11.3 Å². The number of para-hydroxylation sites is 3. The monoisotopic (exact) mass is 400 g/mol. The molecular formula is C23H20N4OS. The van der Waals surface area contributed by atoms with E-state index in [1.807, 2.05) is 79.2 Å². The number of hydrogen-bond donors (Lipinski definition) is 1. The molecule has 1 amide bonds. The second kappa shape index (κ2) is 8.67. The fraction of sp³-hybridized carbons (Fsp3) is 0.0870. The molecule has 5 nitrogen and oxygen atoms in total. The second-order valence-corrected chi connectivity index (χ2v) is 7.38. The van der Waals surface area contributed by atoms with E-state index in [-0.39, 0.29) is 12.3 Å². The molecule has 6 heteroatoms. The van der Waals surface area contributed by atoms with Gasteiger partial charge in [-0.15, -0.1) is 11.3 Å². The number of benzene rings is 2. The second-order valence-electron chi connectivity index (χ2n) is 6.52. The van der Waals surface area contributed by atoms with Crippen molar-refractivity contribution in [2.24, 2.45) is 0 Å². The first kappa shape index (κ1) is 18.8. The smallest absolute Gasteiger partial charge is 0.230 e. The van der Waals surface area contributed by atoms with Gasteiger partial charge >= 0.3 is 0 Å². The van der Waals surface area contributed by atoms with Crippen molar-refractivity contribution < 1.29 is 4.79 Å². The number of hydrogen-bond acceptors (Lipinski definition) is 5. The molecule has 0 spiro atoms. The van der Waals surface area contributed by atoms with Gasteiger partial charge in [0.1, 0.15) is 5.01 Å². The molecule has 2 aromatic heterocycles. The lowest BCUT2D eigenvalue weighted by Gasteiger charge is -2.22. The number of nitrogens with zero attached hydrogens (tertiary/aromatic N) is 3. The molecule has 0 aliphatic carbocycles. The van der Waals surface area contributed by atoms with Gasteiger partial charge in [0.2, 0.25) is 5.91 Å². The number of rotatable bonds is 6. The zero-order valence-electron chi connectivity index (χ0n) is 15.9. The lowest BCUT2D eigenvalue weighted by Crippen LogP contribution is -2.18. The normalized spacial score (nSPS) is 10.5.